The molecule has 1 saturated heterocycles. The Morgan fingerprint density at radius 3 is 2.32 bits per heavy atom. The number of nitrogens with zero attached hydrogens (tertiary/aromatic N) is 1. The molecule has 2 heterocycles. The van der Waals surface area contributed by atoms with Crippen LogP contribution in [0.5, 0.6) is 0 Å². The minimum absolute atomic E-state index is 0.0594. The van der Waals surface area contributed by atoms with Crippen LogP contribution in [0.2, 0.25) is 0 Å². The summed E-state index contributed by atoms with van der Waals surface area (Å²) >= 11 is -0.931. The summed E-state index contributed by atoms with van der Waals surface area (Å²) in [4.78, 5) is 3.53. The lowest BCUT2D eigenvalue weighted by Crippen LogP contribution is -2.47. The van der Waals surface area contributed by atoms with Crippen molar-refractivity contribution in [3.63, 3.8) is 0 Å². The number of likely N-dealkylation sites (N-methyl/N-ethyl adjacent to an activating group) is 1. The molecule has 0 aromatic heterocycles. The molecule has 0 unspecified atom stereocenters. The van der Waals surface area contributed by atoms with Gasteiger partial charge in [-0.3, -0.25) is 0 Å². The monoisotopic (exact) mass is 472 g/mol. The van der Waals surface area contributed by atoms with Gasteiger partial charge in [-0.15, -0.1) is 0 Å². The molecule has 2 aliphatic heterocycles. The smallest absolute Gasteiger partial charge is 0.156 e. The fourth-order valence-corrected chi connectivity index (χ4v) is 8.34. The van der Waals surface area contributed by atoms with Gasteiger partial charge in [0.15, 0.2) is 4.90 Å². The third-order valence-corrected chi connectivity index (χ3v) is 9.88. The van der Waals surface area contributed by atoms with Gasteiger partial charge < -0.3 is 14.8 Å². The van der Waals surface area contributed by atoms with Crippen molar-refractivity contribution in [1.82, 2.24) is 10.2 Å². The Balaban J connectivity index is 1.35. The zero-order valence-corrected chi connectivity index (χ0v) is 21.0. The maximum atomic E-state index is 13.8. The van der Waals surface area contributed by atoms with Gasteiger partial charge in [0.1, 0.15) is 5.25 Å². The Labute approximate surface area is 207 Å². The van der Waals surface area contributed by atoms with E-state index >= 15 is 0 Å². The van der Waals surface area contributed by atoms with Gasteiger partial charge in [0.25, 0.3) is 0 Å². The highest BCUT2D eigenvalue weighted by Gasteiger charge is 2.55. The van der Waals surface area contributed by atoms with E-state index in [1.54, 1.807) is 0 Å². The molecular formula is C30H36N2OS. The lowest BCUT2D eigenvalue weighted by molar-refractivity contribution is 0.268. The van der Waals surface area contributed by atoms with Gasteiger partial charge in [-0.25, -0.2) is 0 Å². The molecule has 0 saturated carbocycles. The number of nitrogens with one attached hydrogen (secondary N) is 1. The number of hydrogen-bond acceptors (Lipinski definition) is 3. The van der Waals surface area contributed by atoms with Crippen LogP contribution in [-0.2, 0) is 23.1 Å². The highest BCUT2D eigenvalue weighted by atomic mass is 32.2. The van der Waals surface area contributed by atoms with E-state index in [0.29, 0.717) is 5.92 Å². The van der Waals surface area contributed by atoms with E-state index in [4.69, 9.17) is 0 Å². The molecule has 178 valence electrons. The molecule has 4 heteroatoms. The van der Waals surface area contributed by atoms with Gasteiger partial charge in [-0.05, 0) is 80.1 Å². The molecule has 34 heavy (non-hydrogen) atoms. The van der Waals surface area contributed by atoms with Crippen molar-refractivity contribution in [2.24, 2.45) is 0 Å². The topological polar surface area (TPSA) is 38.3 Å². The van der Waals surface area contributed by atoms with E-state index in [0.717, 1.165) is 56.8 Å². The molecule has 5 rings (SSSR count). The molecular weight excluding hydrogens is 436 g/mol. The maximum Gasteiger partial charge on any atom is 0.156 e. The number of benzene rings is 3. The SMILES string of the molecule is CN(Cc1ccccc1)C[C@H](CC[C@H]1[S@+]([O-])c2ccccc2C12CCNCC2)c1ccccc1. The number of hydrogen-bond donors (Lipinski definition) is 1. The van der Waals surface area contributed by atoms with Crippen LogP contribution in [-0.4, -0.2) is 41.4 Å². The highest BCUT2D eigenvalue weighted by molar-refractivity contribution is 7.92. The first kappa shape index (κ1) is 23.6. The molecule has 0 bridgehead atoms. The summed E-state index contributed by atoms with van der Waals surface area (Å²) in [5.41, 5.74) is 4.15. The zero-order chi connectivity index (χ0) is 23.4. The second-order valence-electron chi connectivity index (χ2n) is 10.1. The minimum Gasteiger partial charge on any atom is -0.611 e. The predicted molar refractivity (Wildman–Crippen MR) is 142 cm³/mol. The average Bonchev–Trinajstić information content (AvgIpc) is 3.10. The van der Waals surface area contributed by atoms with E-state index in [9.17, 15) is 4.55 Å². The summed E-state index contributed by atoms with van der Waals surface area (Å²) in [6.07, 6.45) is 4.23. The van der Waals surface area contributed by atoms with Crippen LogP contribution >= 0.6 is 0 Å². The van der Waals surface area contributed by atoms with Crippen molar-refractivity contribution in [3.05, 3.63) is 102 Å². The summed E-state index contributed by atoms with van der Waals surface area (Å²) < 4.78 is 13.8. The molecule has 3 nitrogen and oxygen atoms in total. The van der Waals surface area contributed by atoms with Crippen molar-refractivity contribution in [1.29, 1.82) is 0 Å². The largest absolute Gasteiger partial charge is 0.611 e. The van der Waals surface area contributed by atoms with Crippen molar-refractivity contribution >= 4 is 11.2 Å². The minimum atomic E-state index is -0.931. The quantitative estimate of drug-likeness (QED) is 0.440. The van der Waals surface area contributed by atoms with Gasteiger partial charge in [-0.2, -0.15) is 0 Å². The van der Waals surface area contributed by atoms with Gasteiger partial charge in [-0.1, -0.05) is 78.9 Å². The summed E-state index contributed by atoms with van der Waals surface area (Å²) in [7, 11) is 2.22. The first-order valence-electron chi connectivity index (χ1n) is 12.7. The fraction of sp³-hybridized carbons (Fsp3) is 0.400. The van der Waals surface area contributed by atoms with Crippen LogP contribution in [0.25, 0.3) is 0 Å². The Morgan fingerprint density at radius 1 is 0.941 bits per heavy atom. The fourth-order valence-electron chi connectivity index (χ4n) is 6.21. The molecule has 3 aromatic carbocycles. The number of rotatable bonds is 8. The molecule has 1 spiro atoms. The number of fused-ring (bicyclic) bond motifs is 2. The lowest BCUT2D eigenvalue weighted by Gasteiger charge is -2.38. The van der Waals surface area contributed by atoms with Crippen LogP contribution in [0.3, 0.4) is 0 Å². The maximum absolute atomic E-state index is 13.8. The summed E-state index contributed by atoms with van der Waals surface area (Å²) in [6, 6.07) is 30.2. The van der Waals surface area contributed by atoms with E-state index < -0.39 is 11.2 Å². The molecule has 0 aliphatic carbocycles. The molecule has 1 fully saturated rings. The Bertz CT molecular complexity index is 1050. The summed E-state index contributed by atoms with van der Waals surface area (Å²) in [6.45, 7) is 3.98. The Hall–Kier alpha value is -2.11. The third-order valence-electron chi connectivity index (χ3n) is 7.89. The third kappa shape index (κ3) is 4.83. The van der Waals surface area contributed by atoms with Crippen LogP contribution in [0, 0.1) is 0 Å². The zero-order valence-electron chi connectivity index (χ0n) is 20.2. The second kappa shape index (κ2) is 10.7. The first-order valence-corrected chi connectivity index (χ1v) is 13.9. The van der Waals surface area contributed by atoms with Gasteiger partial charge in [0, 0.05) is 18.7 Å². The lowest BCUT2D eigenvalue weighted by atomic mass is 9.69. The van der Waals surface area contributed by atoms with Crippen molar-refractivity contribution in [3.8, 4) is 0 Å². The van der Waals surface area contributed by atoms with E-state index in [1.807, 2.05) is 0 Å². The molecule has 2 aliphatic rings. The van der Waals surface area contributed by atoms with Crippen LogP contribution in [0.15, 0.2) is 89.8 Å². The van der Waals surface area contributed by atoms with Crippen LogP contribution in [0.4, 0.5) is 0 Å². The Morgan fingerprint density at radius 2 is 1.59 bits per heavy atom. The van der Waals surface area contributed by atoms with Gasteiger partial charge in [0.05, 0.1) is 5.41 Å². The van der Waals surface area contributed by atoms with Crippen LogP contribution in [0.1, 0.15) is 48.3 Å². The molecule has 0 amide bonds. The molecule has 3 aromatic rings. The Kier molecular flexibility index (Phi) is 7.40. The standard InChI is InChI=1S/C30H36N2OS/c1-32(22-24-10-4-2-5-11-24)23-26(25-12-6-3-7-13-25)16-17-29-30(18-20-31-21-19-30)27-14-8-9-15-28(27)34(29)33/h2-15,26,29,31H,16-23H2,1H3/t26-,29+,34+/m0/s1. The summed E-state index contributed by atoms with van der Waals surface area (Å²) in [5, 5.41) is 3.74. The van der Waals surface area contributed by atoms with E-state index in [2.05, 4.69) is 102 Å². The predicted octanol–water partition coefficient (Wildman–Crippen LogP) is 5.49. The second-order valence-corrected chi connectivity index (χ2v) is 11.7. The van der Waals surface area contributed by atoms with Gasteiger partial charge >= 0.3 is 0 Å². The molecule has 1 N–H and O–H groups in total. The highest BCUT2D eigenvalue weighted by Crippen LogP contribution is 2.52. The van der Waals surface area contributed by atoms with E-state index in [-0.39, 0.29) is 10.7 Å². The van der Waals surface area contributed by atoms with Crippen molar-refractivity contribution in [2.75, 3.05) is 26.7 Å². The first-order chi connectivity index (χ1) is 16.7. The number of piperidine rings is 1. The molecule has 0 radical (unpaired) electrons. The van der Waals surface area contributed by atoms with E-state index in [1.165, 1.54) is 16.7 Å². The summed E-state index contributed by atoms with van der Waals surface area (Å²) in [5.74, 6) is 0.425. The van der Waals surface area contributed by atoms with Crippen molar-refractivity contribution in [2.45, 2.75) is 53.7 Å². The van der Waals surface area contributed by atoms with Gasteiger partial charge in [0.2, 0.25) is 0 Å². The van der Waals surface area contributed by atoms with Crippen molar-refractivity contribution < 1.29 is 4.55 Å². The normalized spacial score (nSPS) is 22.1. The van der Waals surface area contributed by atoms with Crippen LogP contribution < -0.4 is 5.32 Å². The average molecular weight is 473 g/mol. The molecule has 3 atom stereocenters.